The van der Waals surface area contributed by atoms with Crippen molar-refractivity contribution in [3.8, 4) is 0 Å². The van der Waals surface area contributed by atoms with E-state index in [-0.39, 0.29) is 11.5 Å². The zero-order chi connectivity index (χ0) is 15.4. The van der Waals surface area contributed by atoms with Gasteiger partial charge in [-0.1, -0.05) is 19.9 Å². The third-order valence-corrected chi connectivity index (χ3v) is 3.13. The fourth-order valence-corrected chi connectivity index (χ4v) is 1.91. The molecule has 3 N–H and O–H groups in total. The first-order valence-corrected chi connectivity index (χ1v) is 6.36. The van der Waals surface area contributed by atoms with E-state index in [2.05, 4.69) is 5.32 Å². The third-order valence-electron chi connectivity index (χ3n) is 3.13. The van der Waals surface area contributed by atoms with Gasteiger partial charge in [0.25, 0.3) is 0 Å². The molecule has 112 valence electrons. The lowest BCUT2D eigenvalue weighted by atomic mass is 9.99. The average Bonchev–Trinajstić information content (AvgIpc) is 2.37. The van der Waals surface area contributed by atoms with Crippen LogP contribution in [0.3, 0.4) is 0 Å². The second-order valence-electron chi connectivity index (χ2n) is 5.13. The maximum atomic E-state index is 13.1. The highest BCUT2D eigenvalue weighted by molar-refractivity contribution is 5.73. The van der Waals surface area contributed by atoms with Crippen LogP contribution in [-0.4, -0.2) is 28.3 Å². The summed E-state index contributed by atoms with van der Waals surface area (Å²) in [5.41, 5.74) is 0.191. The van der Waals surface area contributed by atoms with Crippen LogP contribution >= 0.6 is 0 Å². The number of halogens is 2. The first kappa shape index (κ1) is 16.5. The monoisotopic (exact) mass is 287 g/mol. The average molecular weight is 287 g/mol. The highest BCUT2D eigenvalue weighted by Gasteiger charge is 2.26. The van der Waals surface area contributed by atoms with E-state index in [0.29, 0.717) is 0 Å². The molecule has 1 rings (SSSR count). The quantitative estimate of drug-likeness (QED) is 0.749. The molecule has 0 aliphatic carbocycles. The van der Waals surface area contributed by atoms with Gasteiger partial charge >= 0.3 is 5.97 Å². The molecule has 0 heterocycles. The minimum Gasteiger partial charge on any atom is -0.480 e. The summed E-state index contributed by atoms with van der Waals surface area (Å²) in [5.74, 6) is -3.24. The SMILES string of the molecule is CC(C)C(NC(C)C(O)c1ccc(F)c(F)c1)C(=O)O. The maximum absolute atomic E-state index is 13.1. The number of rotatable bonds is 6. The van der Waals surface area contributed by atoms with Crippen LogP contribution in [0.2, 0.25) is 0 Å². The van der Waals surface area contributed by atoms with Crippen molar-refractivity contribution in [3.63, 3.8) is 0 Å². The zero-order valence-electron chi connectivity index (χ0n) is 11.6. The second kappa shape index (κ2) is 6.76. The summed E-state index contributed by atoms with van der Waals surface area (Å²) in [6.07, 6.45) is -1.13. The summed E-state index contributed by atoms with van der Waals surface area (Å²) in [4.78, 5) is 11.1. The molecular formula is C14H19F2NO3. The number of nitrogens with one attached hydrogen (secondary N) is 1. The van der Waals surface area contributed by atoms with E-state index in [1.54, 1.807) is 20.8 Å². The molecule has 0 amide bonds. The zero-order valence-corrected chi connectivity index (χ0v) is 11.6. The van der Waals surface area contributed by atoms with E-state index in [4.69, 9.17) is 5.11 Å². The van der Waals surface area contributed by atoms with Gasteiger partial charge in [0.15, 0.2) is 11.6 Å². The number of carboxylic acid groups (broad SMARTS) is 1. The van der Waals surface area contributed by atoms with Crippen LogP contribution in [0.5, 0.6) is 0 Å². The molecule has 1 aromatic carbocycles. The van der Waals surface area contributed by atoms with E-state index in [1.165, 1.54) is 6.07 Å². The third kappa shape index (κ3) is 3.98. The van der Waals surface area contributed by atoms with Crippen molar-refractivity contribution in [1.82, 2.24) is 5.32 Å². The number of hydrogen-bond acceptors (Lipinski definition) is 3. The molecule has 6 heteroatoms. The molecule has 0 aliphatic heterocycles. The van der Waals surface area contributed by atoms with Crippen molar-refractivity contribution in [2.24, 2.45) is 5.92 Å². The lowest BCUT2D eigenvalue weighted by Gasteiger charge is -2.26. The minimum atomic E-state index is -1.13. The molecule has 3 unspecified atom stereocenters. The van der Waals surface area contributed by atoms with Crippen molar-refractivity contribution in [2.45, 2.75) is 39.0 Å². The Morgan fingerprint density at radius 2 is 1.80 bits per heavy atom. The van der Waals surface area contributed by atoms with Gasteiger partial charge in [0.2, 0.25) is 0 Å². The smallest absolute Gasteiger partial charge is 0.320 e. The van der Waals surface area contributed by atoms with Gasteiger partial charge in [0.05, 0.1) is 6.10 Å². The lowest BCUT2D eigenvalue weighted by molar-refractivity contribution is -0.141. The summed E-state index contributed by atoms with van der Waals surface area (Å²) in [6.45, 7) is 5.06. The number of aliphatic hydroxyl groups excluding tert-OH is 1. The number of benzene rings is 1. The number of carboxylic acids is 1. The molecule has 0 aliphatic rings. The Bertz CT molecular complexity index is 479. The highest BCUT2D eigenvalue weighted by Crippen LogP contribution is 2.20. The van der Waals surface area contributed by atoms with Crippen molar-refractivity contribution in [1.29, 1.82) is 0 Å². The predicted molar refractivity (Wildman–Crippen MR) is 70.2 cm³/mol. The van der Waals surface area contributed by atoms with Crippen LogP contribution < -0.4 is 5.32 Å². The normalized spacial score (nSPS) is 15.9. The standard InChI is InChI=1S/C14H19F2NO3/c1-7(2)12(14(19)20)17-8(3)13(18)9-4-5-10(15)11(16)6-9/h4-8,12-13,17-18H,1-3H3,(H,19,20). The lowest BCUT2D eigenvalue weighted by Crippen LogP contribution is -2.47. The van der Waals surface area contributed by atoms with Gasteiger partial charge in [0.1, 0.15) is 6.04 Å². The van der Waals surface area contributed by atoms with E-state index < -0.39 is 35.8 Å². The largest absolute Gasteiger partial charge is 0.480 e. The molecule has 0 aromatic heterocycles. The number of carbonyl (C=O) groups is 1. The Kier molecular flexibility index (Phi) is 5.59. The molecular weight excluding hydrogens is 268 g/mol. The van der Waals surface area contributed by atoms with Crippen molar-refractivity contribution < 1.29 is 23.8 Å². The van der Waals surface area contributed by atoms with E-state index >= 15 is 0 Å². The van der Waals surface area contributed by atoms with Gasteiger partial charge in [-0.2, -0.15) is 0 Å². The van der Waals surface area contributed by atoms with Gasteiger partial charge < -0.3 is 10.2 Å². The van der Waals surface area contributed by atoms with Gasteiger partial charge in [-0.3, -0.25) is 10.1 Å². The number of aliphatic hydroxyl groups is 1. The predicted octanol–water partition coefficient (Wildman–Crippen LogP) is 2.09. The van der Waals surface area contributed by atoms with Crippen LogP contribution in [-0.2, 0) is 4.79 Å². The Morgan fingerprint density at radius 3 is 2.25 bits per heavy atom. The van der Waals surface area contributed by atoms with Gasteiger partial charge in [0, 0.05) is 6.04 Å². The van der Waals surface area contributed by atoms with Crippen LogP contribution in [0.15, 0.2) is 18.2 Å². The van der Waals surface area contributed by atoms with E-state index in [0.717, 1.165) is 12.1 Å². The van der Waals surface area contributed by atoms with Gasteiger partial charge in [-0.15, -0.1) is 0 Å². The second-order valence-corrected chi connectivity index (χ2v) is 5.13. The van der Waals surface area contributed by atoms with E-state index in [9.17, 15) is 18.7 Å². The summed E-state index contributed by atoms with van der Waals surface area (Å²) >= 11 is 0. The Balaban J connectivity index is 2.82. The van der Waals surface area contributed by atoms with Crippen molar-refractivity contribution >= 4 is 5.97 Å². The fraction of sp³-hybridized carbons (Fsp3) is 0.500. The number of aliphatic carboxylic acids is 1. The van der Waals surface area contributed by atoms with Gasteiger partial charge in [-0.05, 0) is 30.5 Å². The Hall–Kier alpha value is -1.53. The number of hydrogen-bond donors (Lipinski definition) is 3. The molecule has 0 spiro atoms. The molecule has 0 saturated carbocycles. The van der Waals surface area contributed by atoms with Gasteiger partial charge in [-0.25, -0.2) is 8.78 Å². The van der Waals surface area contributed by atoms with E-state index in [1.807, 2.05) is 0 Å². The van der Waals surface area contributed by atoms with Crippen LogP contribution in [0, 0.1) is 17.6 Å². The molecule has 20 heavy (non-hydrogen) atoms. The summed E-state index contributed by atoms with van der Waals surface area (Å²) in [7, 11) is 0. The Morgan fingerprint density at radius 1 is 1.20 bits per heavy atom. The molecule has 0 bridgehead atoms. The summed E-state index contributed by atoms with van der Waals surface area (Å²) < 4.78 is 26.0. The van der Waals surface area contributed by atoms with Crippen LogP contribution in [0.1, 0.15) is 32.4 Å². The fourth-order valence-electron chi connectivity index (χ4n) is 1.91. The van der Waals surface area contributed by atoms with Crippen molar-refractivity contribution in [3.05, 3.63) is 35.4 Å². The first-order chi connectivity index (χ1) is 9.23. The molecule has 0 fully saturated rings. The summed E-state index contributed by atoms with van der Waals surface area (Å²) in [6, 6.07) is 1.65. The first-order valence-electron chi connectivity index (χ1n) is 6.36. The Labute approximate surface area is 116 Å². The molecule has 3 atom stereocenters. The molecule has 0 saturated heterocycles. The van der Waals surface area contributed by atoms with Crippen LogP contribution in [0.4, 0.5) is 8.78 Å². The van der Waals surface area contributed by atoms with Crippen LogP contribution in [0.25, 0.3) is 0 Å². The minimum absolute atomic E-state index is 0.174. The molecule has 1 aromatic rings. The molecule has 0 radical (unpaired) electrons. The maximum Gasteiger partial charge on any atom is 0.320 e. The highest BCUT2D eigenvalue weighted by atomic mass is 19.2. The molecule has 4 nitrogen and oxygen atoms in total. The topological polar surface area (TPSA) is 69.6 Å². The summed E-state index contributed by atoms with van der Waals surface area (Å²) in [5, 5.41) is 21.9. The van der Waals surface area contributed by atoms with Crippen molar-refractivity contribution in [2.75, 3.05) is 0 Å².